The van der Waals surface area contributed by atoms with E-state index in [0.29, 0.717) is 0 Å². The quantitative estimate of drug-likeness (QED) is 0.864. The second kappa shape index (κ2) is 3.48. The van der Waals surface area contributed by atoms with Crippen molar-refractivity contribution >= 4 is 11.6 Å². The molecule has 0 spiro atoms. The van der Waals surface area contributed by atoms with Crippen LogP contribution in [0.15, 0.2) is 24.3 Å². The minimum atomic E-state index is -0.703. The summed E-state index contributed by atoms with van der Waals surface area (Å²) in [5.74, 6) is 0.801. The van der Waals surface area contributed by atoms with E-state index in [2.05, 4.69) is 0 Å². The van der Waals surface area contributed by atoms with E-state index in [9.17, 15) is 9.90 Å². The summed E-state index contributed by atoms with van der Waals surface area (Å²) in [6.07, 6.45) is -0.703. The van der Waals surface area contributed by atoms with Gasteiger partial charge in [0.15, 0.2) is 0 Å². The smallest absolute Gasteiger partial charge is 0.233 e. The van der Waals surface area contributed by atoms with E-state index < -0.39 is 6.23 Å². The number of carbonyl (C=O) groups excluding carboxylic acids is 1. The third-order valence-corrected chi connectivity index (χ3v) is 4.35. The first kappa shape index (κ1) is 11.5. The molecule has 4 nitrogen and oxygen atoms in total. The van der Waals surface area contributed by atoms with E-state index in [0.717, 1.165) is 11.4 Å². The van der Waals surface area contributed by atoms with E-state index in [1.807, 2.05) is 13.8 Å². The van der Waals surface area contributed by atoms with Gasteiger partial charge < -0.3 is 9.84 Å². The molecule has 1 aromatic rings. The number of rotatable bonds is 2. The topological polar surface area (TPSA) is 49.8 Å². The van der Waals surface area contributed by atoms with Gasteiger partial charge in [0.05, 0.1) is 13.0 Å². The fraction of sp³-hybridized carbons (Fsp3) is 0.500. The van der Waals surface area contributed by atoms with Crippen LogP contribution in [-0.4, -0.2) is 24.4 Å². The zero-order valence-electron chi connectivity index (χ0n) is 10.8. The summed E-state index contributed by atoms with van der Waals surface area (Å²) < 4.78 is 5.08. The lowest BCUT2D eigenvalue weighted by Gasteiger charge is -2.27. The number of aliphatic hydroxyl groups is 1. The van der Waals surface area contributed by atoms with Crippen molar-refractivity contribution in [3.05, 3.63) is 24.3 Å². The molecule has 2 fully saturated rings. The van der Waals surface area contributed by atoms with E-state index >= 15 is 0 Å². The van der Waals surface area contributed by atoms with Gasteiger partial charge in [-0.3, -0.25) is 9.69 Å². The number of fused-ring (bicyclic) bond motifs is 1. The van der Waals surface area contributed by atoms with Crippen molar-refractivity contribution in [1.29, 1.82) is 0 Å². The summed E-state index contributed by atoms with van der Waals surface area (Å²) in [6.45, 7) is 4.07. The van der Waals surface area contributed by atoms with Crippen molar-refractivity contribution in [2.45, 2.75) is 20.1 Å². The van der Waals surface area contributed by atoms with E-state index in [1.165, 1.54) is 4.90 Å². The molecule has 3 rings (SSSR count). The summed E-state index contributed by atoms with van der Waals surface area (Å²) in [7, 11) is 1.60. The van der Waals surface area contributed by atoms with Gasteiger partial charge in [0, 0.05) is 11.6 Å². The number of hydrogen-bond donors (Lipinski definition) is 1. The summed E-state index contributed by atoms with van der Waals surface area (Å²) >= 11 is 0. The van der Waals surface area contributed by atoms with Crippen LogP contribution in [-0.2, 0) is 4.79 Å². The van der Waals surface area contributed by atoms with Gasteiger partial charge in [-0.05, 0) is 29.7 Å². The third-order valence-electron chi connectivity index (χ3n) is 4.35. The molecule has 1 aliphatic carbocycles. The fourth-order valence-electron chi connectivity index (χ4n) is 3.17. The van der Waals surface area contributed by atoms with Crippen LogP contribution in [0.4, 0.5) is 5.69 Å². The van der Waals surface area contributed by atoms with E-state index in [4.69, 9.17) is 4.74 Å². The second-order valence-electron chi connectivity index (χ2n) is 5.64. The van der Waals surface area contributed by atoms with Gasteiger partial charge in [-0.25, -0.2) is 0 Å². The molecule has 1 aromatic carbocycles. The summed E-state index contributed by atoms with van der Waals surface area (Å²) in [5.41, 5.74) is 0.677. The number of nitrogens with zero attached hydrogens (tertiary/aromatic N) is 1. The highest BCUT2D eigenvalue weighted by molar-refractivity contribution is 6.01. The molecule has 1 saturated carbocycles. The van der Waals surface area contributed by atoms with Crippen molar-refractivity contribution in [1.82, 2.24) is 0 Å². The average Bonchev–Trinajstić information content (AvgIpc) is 2.80. The molecule has 0 bridgehead atoms. The molecular weight excluding hydrogens is 230 g/mol. The van der Waals surface area contributed by atoms with Crippen molar-refractivity contribution in [2.24, 2.45) is 17.3 Å². The first-order chi connectivity index (χ1) is 8.48. The largest absolute Gasteiger partial charge is 0.497 e. The first-order valence-corrected chi connectivity index (χ1v) is 6.13. The SMILES string of the molecule is COc1ccc(N2C(=O)[C@@H]3[C@H](C2O)C3(C)C)cc1. The Labute approximate surface area is 106 Å². The van der Waals surface area contributed by atoms with Crippen LogP contribution in [0.3, 0.4) is 0 Å². The Hall–Kier alpha value is -1.55. The van der Waals surface area contributed by atoms with Gasteiger partial charge in [0.2, 0.25) is 5.91 Å². The molecule has 0 aromatic heterocycles. The minimum Gasteiger partial charge on any atom is -0.497 e. The lowest BCUT2D eigenvalue weighted by Crippen LogP contribution is -2.39. The van der Waals surface area contributed by atoms with Crippen molar-refractivity contribution in [2.75, 3.05) is 12.0 Å². The molecule has 0 radical (unpaired) electrons. The van der Waals surface area contributed by atoms with Gasteiger partial charge >= 0.3 is 0 Å². The van der Waals surface area contributed by atoms with Gasteiger partial charge in [0.25, 0.3) is 0 Å². The maximum atomic E-state index is 12.3. The fourth-order valence-corrected chi connectivity index (χ4v) is 3.17. The molecule has 18 heavy (non-hydrogen) atoms. The van der Waals surface area contributed by atoms with Gasteiger partial charge in [-0.2, -0.15) is 0 Å². The van der Waals surface area contributed by atoms with Gasteiger partial charge in [0.1, 0.15) is 12.0 Å². The summed E-state index contributed by atoms with van der Waals surface area (Å²) in [5, 5.41) is 10.3. The van der Waals surface area contributed by atoms with Gasteiger partial charge in [-0.1, -0.05) is 13.8 Å². The molecule has 1 unspecified atom stereocenters. The number of anilines is 1. The Balaban J connectivity index is 1.88. The molecule has 1 heterocycles. The number of amides is 1. The number of benzene rings is 1. The first-order valence-electron chi connectivity index (χ1n) is 6.13. The average molecular weight is 247 g/mol. The minimum absolute atomic E-state index is 0.0302. The second-order valence-corrected chi connectivity index (χ2v) is 5.64. The third kappa shape index (κ3) is 1.32. The van der Waals surface area contributed by atoms with Crippen LogP contribution in [0, 0.1) is 17.3 Å². The highest BCUT2D eigenvalue weighted by Gasteiger charge is 2.71. The summed E-state index contributed by atoms with van der Waals surface area (Å²) in [6, 6.07) is 7.20. The maximum absolute atomic E-state index is 12.3. The normalized spacial score (nSPS) is 32.3. The molecule has 1 aliphatic heterocycles. The van der Waals surface area contributed by atoms with Crippen molar-refractivity contribution < 1.29 is 14.6 Å². The van der Waals surface area contributed by atoms with Crippen molar-refractivity contribution in [3.8, 4) is 5.75 Å². The molecule has 2 aliphatic rings. The highest BCUT2D eigenvalue weighted by atomic mass is 16.5. The molecule has 1 N–H and O–H groups in total. The number of carbonyl (C=O) groups is 1. The Kier molecular flexibility index (Phi) is 2.23. The number of aliphatic hydroxyl groups excluding tert-OH is 1. The lowest BCUT2D eigenvalue weighted by atomic mass is 10.0. The van der Waals surface area contributed by atoms with Crippen molar-refractivity contribution in [3.63, 3.8) is 0 Å². The number of piperidine rings is 1. The van der Waals surface area contributed by atoms with Crippen LogP contribution in [0.25, 0.3) is 0 Å². The van der Waals surface area contributed by atoms with E-state index in [1.54, 1.807) is 31.4 Å². The van der Waals surface area contributed by atoms with Crippen LogP contribution in [0.2, 0.25) is 0 Å². The predicted molar refractivity (Wildman–Crippen MR) is 67.2 cm³/mol. The van der Waals surface area contributed by atoms with Crippen LogP contribution in [0.1, 0.15) is 13.8 Å². The molecule has 96 valence electrons. The standard InChI is InChI=1S/C14H17NO3/c1-14(2)10-11(14)13(17)15(12(10)16)8-4-6-9(18-3)7-5-8/h4-7,10-12,16H,1-3H3/t10-,11+,12?/m1/s1. The Morgan fingerprint density at radius 2 is 1.89 bits per heavy atom. The Bertz CT molecular complexity index is 494. The molecule has 3 atom stereocenters. The number of hydrogen-bond acceptors (Lipinski definition) is 3. The Morgan fingerprint density at radius 1 is 1.28 bits per heavy atom. The molecule has 1 amide bonds. The number of methoxy groups -OCH3 is 1. The zero-order valence-corrected chi connectivity index (χ0v) is 10.8. The maximum Gasteiger partial charge on any atom is 0.233 e. The van der Waals surface area contributed by atoms with Crippen LogP contribution >= 0.6 is 0 Å². The lowest BCUT2D eigenvalue weighted by molar-refractivity contribution is -0.120. The molecule has 4 heteroatoms. The predicted octanol–water partition coefficient (Wildman–Crippen LogP) is 1.63. The van der Waals surface area contributed by atoms with E-state index in [-0.39, 0.29) is 23.2 Å². The molecule has 1 saturated heterocycles. The van der Waals surface area contributed by atoms with Crippen LogP contribution < -0.4 is 9.64 Å². The highest BCUT2D eigenvalue weighted by Crippen LogP contribution is 2.65. The van der Waals surface area contributed by atoms with Gasteiger partial charge in [-0.15, -0.1) is 0 Å². The monoisotopic (exact) mass is 247 g/mol. The Morgan fingerprint density at radius 3 is 2.33 bits per heavy atom. The zero-order chi connectivity index (χ0) is 13.1. The summed E-state index contributed by atoms with van der Waals surface area (Å²) in [4.78, 5) is 13.8. The molecular formula is C14H17NO3. The number of ether oxygens (including phenoxy) is 1. The van der Waals surface area contributed by atoms with Crippen LogP contribution in [0.5, 0.6) is 5.75 Å².